The van der Waals surface area contributed by atoms with Gasteiger partial charge in [0.2, 0.25) is 0 Å². The van der Waals surface area contributed by atoms with Gasteiger partial charge in [0.25, 0.3) is 0 Å². The van der Waals surface area contributed by atoms with Gasteiger partial charge in [-0.15, -0.1) is 0 Å². The van der Waals surface area contributed by atoms with Crippen LogP contribution in [0.15, 0.2) is 97.1 Å². The van der Waals surface area contributed by atoms with E-state index in [0.717, 1.165) is 35.4 Å². The van der Waals surface area contributed by atoms with Crippen LogP contribution in [0.4, 0.5) is 46.5 Å². The number of nitrogens with two attached hydrogens (primary N) is 2. The third-order valence-corrected chi connectivity index (χ3v) is 6.80. The maximum atomic E-state index is 15.2. The predicted molar refractivity (Wildman–Crippen MR) is 138 cm³/mol. The highest BCUT2D eigenvalue weighted by atomic mass is 19.4. The van der Waals surface area contributed by atoms with Gasteiger partial charge in [-0.3, -0.25) is 0 Å². The van der Waals surface area contributed by atoms with Crippen LogP contribution >= 0.6 is 0 Å². The summed E-state index contributed by atoms with van der Waals surface area (Å²) in [5.41, 5.74) is 7.38. The molecule has 210 valence electrons. The molecular formula is C30H24F8N2. The smallest absolute Gasteiger partial charge is 0.399 e. The van der Waals surface area contributed by atoms with Crippen LogP contribution < -0.4 is 11.5 Å². The number of anilines is 2. The second-order valence-corrected chi connectivity index (χ2v) is 9.55. The van der Waals surface area contributed by atoms with Gasteiger partial charge in [0.05, 0.1) is 0 Å². The maximum absolute atomic E-state index is 15.2. The zero-order valence-electron chi connectivity index (χ0n) is 20.8. The number of halogens is 8. The molecule has 4 rings (SSSR count). The lowest BCUT2D eigenvalue weighted by Crippen LogP contribution is -2.63. The van der Waals surface area contributed by atoms with Gasteiger partial charge in [-0.2, -0.15) is 35.1 Å². The van der Waals surface area contributed by atoms with E-state index in [1.807, 2.05) is 0 Å². The maximum Gasteiger partial charge on any atom is 0.454 e. The molecule has 0 atom stereocenters. The number of rotatable bonds is 7. The fraction of sp³-hybridized carbons (Fsp3) is 0.200. The van der Waals surface area contributed by atoms with Gasteiger partial charge >= 0.3 is 18.3 Å². The molecule has 0 radical (unpaired) electrons. The van der Waals surface area contributed by atoms with Crippen LogP contribution in [0.25, 0.3) is 0 Å². The number of alkyl halides is 8. The standard InChI is InChI=1S/C30H24F8N2/c31-28(32,30(36,37)38)27(29(33,34)35,23-9-1-19(2-10-23)17-21-5-13-25(39)14-6-21)24-11-3-20(4-12-24)18-22-7-15-26(40)16-8-22/h1-16H,17-18,39-40H2. The van der Waals surface area contributed by atoms with Crippen LogP contribution in [-0.4, -0.2) is 18.3 Å². The largest absolute Gasteiger partial charge is 0.454 e. The van der Waals surface area contributed by atoms with Gasteiger partial charge in [-0.05, 0) is 70.5 Å². The first-order valence-electron chi connectivity index (χ1n) is 12.0. The predicted octanol–water partition coefficient (Wildman–Crippen LogP) is 8.08. The van der Waals surface area contributed by atoms with E-state index in [4.69, 9.17) is 11.5 Å². The quantitative estimate of drug-likeness (QED) is 0.176. The molecule has 0 fully saturated rings. The van der Waals surface area contributed by atoms with Crippen molar-refractivity contribution in [2.45, 2.75) is 36.5 Å². The molecule has 10 heteroatoms. The Bertz CT molecular complexity index is 1330. The number of benzene rings is 4. The fourth-order valence-corrected chi connectivity index (χ4v) is 4.73. The van der Waals surface area contributed by atoms with Crippen LogP contribution in [0.5, 0.6) is 0 Å². The van der Waals surface area contributed by atoms with Gasteiger partial charge in [0, 0.05) is 11.4 Å². The van der Waals surface area contributed by atoms with E-state index < -0.39 is 34.8 Å². The van der Waals surface area contributed by atoms with E-state index >= 15 is 8.78 Å². The van der Waals surface area contributed by atoms with Crippen molar-refractivity contribution in [1.82, 2.24) is 0 Å². The lowest BCUT2D eigenvalue weighted by Gasteiger charge is -2.43. The zero-order valence-corrected chi connectivity index (χ0v) is 20.8. The van der Waals surface area contributed by atoms with Crippen molar-refractivity contribution in [2.75, 3.05) is 11.5 Å². The molecule has 0 aliphatic rings. The molecule has 0 saturated heterocycles. The first kappa shape index (κ1) is 28.9. The summed E-state index contributed by atoms with van der Waals surface area (Å²) in [5, 5.41) is 0. The fourth-order valence-electron chi connectivity index (χ4n) is 4.73. The summed E-state index contributed by atoms with van der Waals surface area (Å²) < 4.78 is 116. The topological polar surface area (TPSA) is 52.0 Å². The van der Waals surface area contributed by atoms with Crippen molar-refractivity contribution in [3.63, 3.8) is 0 Å². The van der Waals surface area contributed by atoms with E-state index in [1.165, 1.54) is 0 Å². The molecule has 0 bridgehead atoms. The third-order valence-electron chi connectivity index (χ3n) is 6.80. The van der Waals surface area contributed by atoms with Gasteiger partial charge in [0.1, 0.15) is 0 Å². The second-order valence-electron chi connectivity index (χ2n) is 9.55. The Morgan fingerprint density at radius 3 is 0.925 bits per heavy atom. The van der Waals surface area contributed by atoms with Gasteiger partial charge in [-0.1, -0.05) is 72.8 Å². The van der Waals surface area contributed by atoms with Crippen LogP contribution in [0.2, 0.25) is 0 Å². The van der Waals surface area contributed by atoms with E-state index in [-0.39, 0.29) is 12.8 Å². The van der Waals surface area contributed by atoms with Crippen LogP contribution in [0.1, 0.15) is 33.4 Å². The van der Waals surface area contributed by atoms with Crippen molar-refractivity contribution in [1.29, 1.82) is 0 Å². The number of hydrogen-bond acceptors (Lipinski definition) is 2. The molecule has 40 heavy (non-hydrogen) atoms. The minimum absolute atomic E-state index is 0.203. The lowest BCUT2D eigenvalue weighted by molar-refractivity contribution is -0.348. The van der Waals surface area contributed by atoms with E-state index in [2.05, 4.69) is 0 Å². The van der Waals surface area contributed by atoms with E-state index in [9.17, 15) is 26.3 Å². The highest BCUT2D eigenvalue weighted by Crippen LogP contribution is 2.60. The first-order chi connectivity index (χ1) is 18.6. The van der Waals surface area contributed by atoms with E-state index in [1.54, 1.807) is 48.5 Å². The third kappa shape index (κ3) is 5.35. The summed E-state index contributed by atoms with van der Waals surface area (Å²) in [6.07, 6.45) is -12.1. The Hall–Kier alpha value is -4.08. The summed E-state index contributed by atoms with van der Waals surface area (Å²) in [5.74, 6) is -6.20. The molecule has 0 unspecified atom stereocenters. The van der Waals surface area contributed by atoms with Crippen molar-refractivity contribution in [3.05, 3.63) is 130 Å². The monoisotopic (exact) mass is 564 g/mol. The molecule has 0 aliphatic heterocycles. The molecule has 0 amide bonds. The Balaban J connectivity index is 1.81. The normalized spacial score (nSPS) is 12.9. The molecule has 4 aromatic rings. The van der Waals surface area contributed by atoms with Gasteiger partial charge in [0.15, 0.2) is 5.41 Å². The van der Waals surface area contributed by atoms with Gasteiger partial charge < -0.3 is 11.5 Å². The second kappa shape index (κ2) is 10.5. The molecule has 0 aromatic heterocycles. The van der Waals surface area contributed by atoms with Gasteiger partial charge in [-0.25, -0.2) is 0 Å². The number of nitrogen functional groups attached to an aromatic ring is 2. The van der Waals surface area contributed by atoms with E-state index in [0.29, 0.717) is 46.8 Å². The summed E-state index contributed by atoms with van der Waals surface area (Å²) in [6, 6.07) is 20.3. The SMILES string of the molecule is Nc1ccc(Cc2ccc(C(c3ccc(Cc4ccc(N)cc4)cc3)(C(F)(F)F)C(F)(F)C(F)(F)F)cc2)cc1. The van der Waals surface area contributed by atoms with Crippen LogP contribution in [0.3, 0.4) is 0 Å². The Labute approximate surface area is 225 Å². The summed E-state index contributed by atoms with van der Waals surface area (Å²) >= 11 is 0. The molecule has 0 saturated carbocycles. The van der Waals surface area contributed by atoms with Crippen molar-refractivity contribution < 1.29 is 35.1 Å². The summed E-state index contributed by atoms with van der Waals surface area (Å²) in [4.78, 5) is 0. The number of hydrogen-bond donors (Lipinski definition) is 2. The Kier molecular flexibility index (Phi) is 7.58. The first-order valence-corrected chi connectivity index (χ1v) is 12.0. The Morgan fingerprint density at radius 2 is 0.675 bits per heavy atom. The van der Waals surface area contributed by atoms with Crippen molar-refractivity contribution >= 4 is 11.4 Å². The highest BCUT2D eigenvalue weighted by Gasteiger charge is 2.80. The van der Waals surface area contributed by atoms with Crippen molar-refractivity contribution in [2.24, 2.45) is 0 Å². The molecule has 0 aliphatic carbocycles. The Morgan fingerprint density at radius 1 is 0.400 bits per heavy atom. The minimum atomic E-state index is -6.51. The summed E-state index contributed by atoms with van der Waals surface area (Å²) in [7, 11) is 0. The average molecular weight is 565 g/mol. The molecule has 0 heterocycles. The molecule has 0 spiro atoms. The highest BCUT2D eigenvalue weighted by molar-refractivity contribution is 5.48. The van der Waals surface area contributed by atoms with Crippen LogP contribution in [-0.2, 0) is 18.3 Å². The van der Waals surface area contributed by atoms with Crippen LogP contribution in [0, 0.1) is 0 Å². The molecule has 4 aromatic carbocycles. The minimum Gasteiger partial charge on any atom is -0.399 e. The lowest BCUT2D eigenvalue weighted by atomic mass is 9.68. The molecular weight excluding hydrogens is 540 g/mol. The molecule has 4 N–H and O–H groups in total. The average Bonchev–Trinajstić information content (AvgIpc) is 2.87. The zero-order chi connectivity index (χ0) is 29.3. The van der Waals surface area contributed by atoms with Crippen molar-refractivity contribution in [3.8, 4) is 0 Å². The molecule has 2 nitrogen and oxygen atoms in total. The summed E-state index contributed by atoms with van der Waals surface area (Å²) in [6.45, 7) is 0.